The third kappa shape index (κ3) is 4.64. The minimum atomic E-state index is -0.650. The average molecular weight is 397 g/mol. The van der Waals surface area contributed by atoms with Gasteiger partial charge in [-0.2, -0.15) is 0 Å². The third-order valence-electron chi connectivity index (χ3n) is 5.88. The average Bonchev–Trinajstić information content (AvgIpc) is 3.18. The van der Waals surface area contributed by atoms with Gasteiger partial charge >= 0.3 is 11.8 Å². The lowest BCUT2D eigenvalue weighted by atomic mass is 9.83. The molecule has 29 heavy (non-hydrogen) atoms. The molecule has 8 nitrogen and oxygen atoms in total. The van der Waals surface area contributed by atoms with Crippen LogP contribution in [0.5, 0.6) is 0 Å². The number of carbonyl (C=O) groups is 2. The van der Waals surface area contributed by atoms with Gasteiger partial charge < -0.3 is 20.0 Å². The lowest BCUT2D eigenvalue weighted by molar-refractivity contribution is -0.136. The maximum absolute atomic E-state index is 12.3. The molecule has 0 saturated carbocycles. The van der Waals surface area contributed by atoms with Crippen molar-refractivity contribution in [3.8, 4) is 11.5 Å². The van der Waals surface area contributed by atoms with Crippen molar-refractivity contribution in [3.05, 3.63) is 30.2 Å². The van der Waals surface area contributed by atoms with E-state index in [1.54, 1.807) is 31.2 Å². The lowest BCUT2D eigenvalue weighted by Gasteiger charge is -2.44. The van der Waals surface area contributed by atoms with E-state index < -0.39 is 11.8 Å². The molecule has 1 aromatic heterocycles. The van der Waals surface area contributed by atoms with Gasteiger partial charge in [0.15, 0.2) is 0 Å². The van der Waals surface area contributed by atoms with Crippen molar-refractivity contribution in [2.24, 2.45) is 5.92 Å². The summed E-state index contributed by atoms with van der Waals surface area (Å²) in [4.78, 5) is 27.1. The van der Waals surface area contributed by atoms with Crippen LogP contribution < -0.4 is 10.6 Å². The number of hydrogen-bond donors (Lipinski definition) is 2. The van der Waals surface area contributed by atoms with Crippen molar-refractivity contribution >= 4 is 17.5 Å². The highest BCUT2D eigenvalue weighted by atomic mass is 16.4. The number of anilines is 1. The highest BCUT2D eigenvalue weighted by molar-refractivity contribution is 6.39. The van der Waals surface area contributed by atoms with E-state index in [-0.39, 0.29) is 0 Å². The van der Waals surface area contributed by atoms with E-state index in [1.807, 2.05) is 0 Å². The zero-order valence-electron chi connectivity index (χ0n) is 16.7. The van der Waals surface area contributed by atoms with Gasteiger partial charge in [0, 0.05) is 30.8 Å². The largest absolute Gasteiger partial charge is 0.421 e. The quantitative estimate of drug-likeness (QED) is 0.768. The molecule has 8 heteroatoms. The number of hydrogen-bond acceptors (Lipinski definition) is 6. The molecule has 0 aliphatic carbocycles. The van der Waals surface area contributed by atoms with Gasteiger partial charge in [-0.15, -0.1) is 10.2 Å². The number of aryl methyl sites for hydroxylation is 1. The Bertz CT molecular complexity index is 861. The van der Waals surface area contributed by atoms with E-state index >= 15 is 0 Å². The van der Waals surface area contributed by atoms with Crippen LogP contribution in [0.1, 0.15) is 38.0 Å². The molecular weight excluding hydrogens is 370 g/mol. The number of fused-ring (bicyclic) bond motifs is 1. The van der Waals surface area contributed by atoms with Gasteiger partial charge in [-0.3, -0.25) is 9.59 Å². The molecule has 3 heterocycles. The highest BCUT2D eigenvalue weighted by Gasteiger charge is 2.33. The SMILES string of the molecule is Cc1nnc(-c2ccc(NC(=O)C(=O)NC[C@H]3CCCN4CCCC[C@@H]34)cc2)o1. The zero-order chi connectivity index (χ0) is 20.2. The van der Waals surface area contributed by atoms with Gasteiger partial charge in [0.1, 0.15) is 0 Å². The predicted molar refractivity (Wildman–Crippen MR) is 108 cm³/mol. The first-order chi connectivity index (χ1) is 14.1. The summed E-state index contributed by atoms with van der Waals surface area (Å²) < 4.78 is 5.38. The number of nitrogens with one attached hydrogen (secondary N) is 2. The maximum Gasteiger partial charge on any atom is 0.313 e. The third-order valence-corrected chi connectivity index (χ3v) is 5.88. The summed E-state index contributed by atoms with van der Waals surface area (Å²) in [6, 6.07) is 7.49. The van der Waals surface area contributed by atoms with Crippen LogP contribution in [0, 0.1) is 12.8 Å². The minimum absolute atomic E-state index is 0.419. The van der Waals surface area contributed by atoms with Crippen LogP contribution in [0.15, 0.2) is 28.7 Å². The number of aromatic nitrogens is 2. The summed E-state index contributed by atoms with van der Waals surface area (Å²) in [6.07, 6.45) is 5.99. The van der Waals surface area contributed by atoms with E-state index in [0.717, 1.165) is 31.5 Å². The van der Waals surface area contributed by atoms with E-state index in [0.29, 0.717) is 36.0 Å². The Hall–Kier alpha value is -2.74. The Labute approximate surface area is 170 Å². The molecule has 0 bridgehead atoms. The van der Waals surface area contributed by atoms with Crippen LogP contribution in [0.2, 0.25) is 0 Å². The molecule has 4 rings (SSSR count). The van der Waals surface area contributed by atoms with Gasteiger partial charge in [-0.25, -0.2) is 0 Å². The molecule has 0 unspecified atom stereocenters. The van der Waals surface area contributed by atoms with Gasteiger partial charge in [0.05, 0.1) is 0 Å². The first-order valence-electron chi connectivity index (χ1n) is 10.3. The standard InChI is InChI=1S/C21H27N5O3/c1-14-24-25-21(29-14)15-7-9-17(10-8-15)23-20(28)19(27)22-13-16-5-4-12-26-11-3-2-6-18(16)26/h7-10,16,18H,2-6,11-13H2,1H3,(H,22,27)(H,23,28)/t16-,18+/m1/s1. The maximum atomic E-state index is 12.3. The van der Waals surface area contributed by atoms with E-state index in [2.05, 4.69) is 25.7 Å². The summed E-state index contributed by atoms with van der Waals surface area (Å²) in [5.74, 6) is 0.0981. The molecule has 2 aromatic rings. The fourth-order valence-electron chi connectivity index (χ4n) is 4.42. The summed E-state index contributed by atoms with van der Waals surface area (Å²) in [6.45, 7) is 4.61. The predicted octanol–water partition coefficient (Wildman–Crippen LogP) is 2.36. The summed E-state index contributed by atoms with van der Waals surface area (Å²) in [7, 11) is 0. The number of piperidine rings is 2. The van der Waals surface area contributed by atoms with Crippen LogP contribution in [-0.2, 0) is 9.59 Å². The van der Waals surface area contributed by atoms with Crippen molar-refractivity contribution in [2.75, 3.05) is 25.0 Å². The minimum Gasteiger partial charge on any atom is -0.421 e. The molecular formula is C21H27N5O3. The molecule has 154 valence electrons. The molecule has 0 radical (unpaired) electrons. The second-order valence-electron chi connectivity index (χ2n) is 7.87. The number of rotatable bonds is 4. The molecule has 1 aromatic carbocycles. The van der Waals surface area contributed by atoms with Crippen molar-refractivity contribution in [1.82, 2.24) is 20.4 Å². The molecule has 2 aliphatic rings. The Morgan fingerprint density at radius 1 is 1.07 bits per heavy atom. The second-order valence-corrected chi connectivity index (χ2v) is 7.87. The molecule has 2 N–H and O–H groups in total. The van der Waals surface area contributed by atoms with Gasteiger partial charge in [0.2, 0.25) is 11.8 Å². The van der Waals surface area contributed by atoms with Crippen LogP contribution >= 0.6 is 0 Å². The first kappa shape index (κ1) is 19.6. The van der Waals surface area contributed by atoms with Crippen LogP contribution in [0.4, 0.5) is 5.69 Å². The van der Waals surface area contributed by atoms with Gasteiger partial charge in [-0.1, -0.05) is 6.42 Å². The van der Waals surface area contributed by atoms with Crippen LogP contribution in [0.3, 0.4) is 0 Å². The highest BCUT2D eigenvalue weighted by Crippen LogP contribution is 2.30. The number of carbonyl (C=O) groups excluding carboxylic acids is 2. The fourth-order valence-corrected chi connectivity index (χ4v) is 4.42. The topological polar surface area (TPSA) is 100 Å². The van der Waals surface area contributed by atoms with Crippen LogP contribution in [0.25, 0.3) is 11.5 Å². The zero-order valence-corrected chi connectivity index (χ0v) is 16.7. The van der Waals surface area contributed by atoms with Gasteiger partial charge in [-0.05, 0) is 69.0 Å². The second kappa shape index (κ2) is 8.73. The molecule has 2 amide bonds. The Morgan fingerprint density at radius 3 is 2.62 bits per heavy atom. The number of benzene rings is 1. The van der Waals surface area contributed by atoms with Crippen molar-refractivity contribution in [2.45, 2.75) is 45.1 Å². The summed E-state index contributed by atoms with van der Waals surface area (Å²) >= 11 is 0. The summed E-state index contributed by atoms with van der Waals surface area (Å²) in [5.41, 5.74) is 1.30. The summed E-state index contributed by atoms with van der Waals surface area (Å²) in [5, 5.41) is 13.2. The van der Waals surface area contributed by atoms with Crippen LogP contribution in [-0.4, -0.2) is 52.6 Å². The van der Waals surface area contributed by atoms with Crippen molar-refractivity contribution < 1.29 is 14.0 Å². The number of nitrogens with zero attached hydrogens (tertiary/aromatic N) is 3. The lowest BCUT2D eigenvalue weighted by Crippen LogP contribution is -2.51. The number of amides is 2. The first-order valence-corrected chi connectivity index (χ1v) is 10.3. The molecule has 2 aliphatic heterocycles. The Kier molecular flexibility index (Phi) is 5.89. The van der Waals surface area contributed by atoms with Crippen molar-refractivity contribution in [3.63, 3.8) is 0 Å². The monoisotopic (exact) mass is 397 g/mol. The smallest absolute Gasteiger partial charge is 0.313 e. The molecule has 0 spiro atoms. The van der Waals surface area contributed by atoms with E-state index in [1.165, 1.54) is 19.3 Å². The fraction of sp³-hybridized carbons (Fsp3) is 0.524. The van der Waals surface area contributed by atoms with E-state index in [4.69, 9.17) is 4.42 Å². The normalized spacial score (nSPS) is 22.0. The van der Waals surface area contributed by atoms with Gasteiger partial charge in [0.25, 0.3) is 0 Å². The van der Waals surface area contributed by atoms with E-state index in [9.17, 15) is 9.59 Å². The van der Waals surface area contributed by atoms with Crippen molar-refractivity contribution in [1.29, 1.82) is 0 Å². The molecule has 2 saturated heterocycles. The molecule has 2 atom stereocenters. The Balaban J connectivity index is 1.28. The Morgan fingerprint density at radius 2 is 1.86 bits per heavy atom. The molecule has 2 fully saturated rings.